The summed E-state index contributed by atoms with van der Waals surface area (Å²) in [6.45, 7) is 6.59. The number of aromatic nitrogens is 1. The Hall–Kier alpha value is -2.70. The first-order valence-electron chi connectivity index (χ1n) is 10.0. The van der Waals surface area contributed by atoms with Crippen molar-refractivity contribution in [3.05, 3.63) is 65.1 Å². The molecule has 0 aliphatic carbocycles. The lowest BCUT2D eigenvalue weighted by Gasteiger charge is -2.34. The molecule has 1 atom stereocenters. The van der Waals surface area contributed by atoms with Gasteiger partial charge in [-0.1, -0.05) is 24.3 Å². The summed E-state index contributed by atoms with van der Waals surface area (Å²) in [5, 5.41) is 0.819. The van der Waals surface area contributed by atoms with Crippen LogP contribution in [0.2, 0.25) is 0 Å². The van der Waals surface area contributed by atoms with Gasteiger partial charge in [0.05, 0.1) is 35.9 Å². The summed E-state index contributed by atoms with van der Waals surface area (Å²) in [4.78, 5) is 15.7. The third kappa shape index (κ3) is 3.03. The van der Waals surface area contributed by atoms with Crippen molar-refractivity contribution in [3.8, 4) is 5.75 Å². The molecule has 0 N–H and O–H groups in total. The van der Waals surface area contributed by atoms with Crippen LogP contribution in [0.1, 0.15) is 27.7 Å². The van der Waals surface area contributed by atoms with Crippen LogP contribution >= 0.6 is 0 Å². The topological polar surface area (TPSA) is 43.7 Å². The van der Waals surface area contributed by atoms with Crippen LogP contribution < -0.4 is 4.74 Å². The first-order chi connectivity index (χ1) is 14.1. The van der Waals surface area contributed by atoms with Gasteiger partial charge in [-0.3, -0.25) is 9.69 Å². The van der Waals surface area contributed by atoms with Crippen molar-refractivity contribution in [2.45, 2.75) is 13.0 Å². The highest BCUT2D eigenvalue weighted by molar-refractivity contribution is 6.18. The number of ketones is 1. The van der Waals surface area contributed by atoms with E-state index in [-0.39, 0.29) is 17.4 Å². The smallest absolute Gasteiger partial charge is 0.198 e. The summed E-state index contributed by atoms with van der Waals surface area (Å²) in [7, 11) is 0. The third-order valence-corrected chi connectivity index (χ3v) is 5.95. The van der Waals surface area contributed by atoms with Crippen LogP contribution in [0.15, 0.2) is 42.5 Å². The second kappa shape index (κ2) is 7.28. The molecule has 1 unspecified atom stereocenters. The molecular formula is C23H23FN2O3. The van der Waals surface area contributed by atoms with Gasteiger partial charge in [0.25, 0.3) is 0 Å². The molecule has 5 rings (SSSR count). The SMILES string of the molecule is Cc1c(C(=O)c2ccccc2F)c2cccc3c2n1C(CN1CCOCC1)CO3. The highest BCUT2D eigenvalue weighted by Gasteiger charge is 2.31. The normalized spacial score (nSPS) is 19.3. The zero-order valence-electron chi connectivity index (χ0n) is 16.4. The summed E-state index contributed by atoms with van der Waals surface area (Å²) in [5.74, 6) is -0.00474. The Morgan fingerprint density at radius 1 is 1.14 bits per heavy atom. The molecule has 1 aromatic heterocycles. The van der Waals surface area contributed by atoms with Crippen molar-refractivity contribution in [2.75, 3.05) is 39.5 Å². The lowest BCUT2D eigenvalue weighted by atomic mass is 10.00. The van der Waals surface area contributed by atoms with E-state index in [1.165, 1.54) is 6.07 Å². The Morgan fingerprint density at radius 3 is 2.72 bits per heavy atom. The number of carbonyl (C=O) groups is 1. The molecule has 1 saturated heterocycles. The lowest BCUT2D eigenvalue weighted by Crippen LogP contribution is -2.42. The Morgan fingerprint density at radius 2 is 1.93 bits per heavy atom. The number of benzene rings is 2. The van der Waals surface area contributed by atoms with Crippen LogP contribution in [0, 0.1) is 12.7 Å². The van der Waals surface area contributed by atoms with E-state index in [9.17, 15) is 9.18 Å². The summed E-state index contributed by atoms with van der Waals surface area (Å²) in [6.07, 6.45) is 0. The summed E-state index contributed by atoms with van der Waals surface area (Å²) >= 11 is 0. The highest BCUT2D eigenvalue weighted by atomic mass is 19.1. The van der Waals surface area contributed by atoms with Crippen LogP contribution in [-0.4, -0.2) is 54.7 Å². The minimum atomic E-state index is -0.495. The van der Waals surface area contributed by atoms with E-state index in [4.69, 9.17) is 9.47 Å². The van der Waals surface area contributed by atoms with E-state index in [2.05, 4.69) is 9.47 Å². The number of carbonyl (C=O) groups excluding carboxylic acids is 1. The number of nitrogens with zero attached hydrogens (tertiary/aromatic N) is 2. The maximum atomic E-state index is 14.4. The molecule has 0 bridgehead atoms. The molecular weight excluding hydrogens is 371 g/mol. The van der Waals surface area contributed by atoms with Gasteiger partial charge in [-0.15, -0.1) is 0 Å². The highest BCUT2D eigenvalue weighted by Crippen LogP contribution is 2.39. The van der Waals surface area contributed by atoms with Crippen LogP contribution in [0.3, 0.4) is 0 Å². The predicted molar refractivity (Wildman–Crippen MR) is 108 cm³/mol. The van der Waals surface area contributed by atoms with Crippen molar-refractivity contribution in [1.82, 2.24) is 9.47 Å². The maximum Gasteiger partial charge on any atom is 0.198 e. The van der Waals surface area contributed by atoms with Crippen LogP contribution in [0.4, 0.5) is 4.39 Å². The van der Waals surface area contributed by atoms with Crippen LogP contribution in [0.5, 0.6) is 5.75 Å². The van der Waals surface area contributed by atoms with E-state index in [1.54, 1.807) is 18.2 Å². The molecule has 0 saturated carbocycles. The zero-order valence-corrected chi connectivity index (χ0v) is 16.4. The fourth-order valence-corrected chi connectivity index (χ4v) is 4.57. The molecule has 29 heavy (non-hydrogen) atoms. The number of hydrogen-bond donors (Lipinski definition) is 0. The van der Waals surface area contributed by atoms with Crippen molar-refractivity contribution < 1.29 is 18.7 Å². The Labute approximate surface area is 168 Å². The Kier molecular flexibility index (Phi) is 4.60. The monoisotopic (exact) mass is 394 g/mol. The molecule has 2 aliphatic heterocycles. The molecule has 5 nitrogen and oxygen atoms in total. The van der Waals surface area contributed by atoms with Gasteiger partial charge in [0.2, 0.25) is 0 Å². The minimum absolute atomic E-state index is 0.0904. The van der Waals surface area contributed by atoms with E-state index in [0.29, 0.717) is 12.2 Å². The number of rotatable bonds is 4. The van der Waals surface area contributed by atoms with Crippen molar-refractivity contribution >= 4 is 16.7 Å². The van der Waals surface area contributed by atoms with Gasteiger partial charge in [-0.05, 0) is 25.1 Å². The average Bonchev–Trinajstić information content (AvgIpc) is 3.04. The van der Waals surface area contributed by atoms with Crippen LogP contribution in [-0.2, 0) is 4.74 Å². The maximum absolute atomic E-state index is 14.4. The number of morpholine rings is 1. The molecule has 2 aliphatic rings. The standard InChI is InChI=1S/C23H23FN2O3/c1-15-21(23(27)17-5-2-3-7-19(17)24)18-6-4-8-20-22(18)26(15)16(14-29-20)13-25-9-11-28-12-10-25/h2-8,16H,9-14H2,1H3. The van der Waals surface area contributed by atoms with E-state index in [1.807, 2.05) is 25.1 Å². The van der Waals surface area contributed by atoms with Crippen molar-refractivity contribution in [1.29, 1.82) is 0 Å². The van der Waals surface area contributed by atoms with Gasteiger partial charge in [0.1, 0.15) is 18.2 Å². The minimum Gasteiger partial charge on any atom is -0.489 e. The molecule has 0 spiro atoms. The third-order valence-electron chi connectivity index (χ3n) is 5.95. The zero-order chi connectivity index (χ0) is 20.0. The van der Waals surface area contributed by atoms with Crippen molar-refractivity contribution in [3.63, 3.8) is 0 Å². The van der Waals surface area contributed by atoms with Gasteiger partial charge in [-0.25, -0.2) is 4.39 Å². The van der Waals surface area contributed by atoms with Crippen molar-refractivity contribution in [2.24, 2.45) is 0 Å². The molecule has 3 heterocycles. The van der Waals surface area contributed by atoms with E-state index in [0.717, 1.165) is 55.2 Å². The number of para-hydroxylation sites is 1. The first kappa shape index (κ1) is 18.3. The summed E-state index contributed by atoms with van der Waals surface area (Å²) in [5.41, 5.74) is 2.45. The number of hydrogen-bond acceptors (Lipinski definition) is 4. The van der Waals surface area contributed by atoms with Crippen LogP contribution in [0.25, 0.3) is 10.9 Å². The summed E-state index contributed by atoms with van der Waals surface area (Å²) < 4.78 is 28.1. The molecule has 0 radical (unpaired) electrons. The fourth-order valence-electron chi connectivity index (χ4n) is 4.57. The van der Waals surface area contributed by atoms with Gasteiger partial charge in [0, 0.05) is 30.7 Å². The Balaban J connectivity index is 1.62. The van der Waals surface area contributed by atoms with Gasteiger partial charge >= 0.3 is 0 Å². The summed E-state index contributed by atoms with van der Waals surface area (Å²) in [6, 6.07) is 12.0. The fraction of sp³-hybridized carbons (Fsp3) is 0.348. The molecule has 0 amide bonds. The average molecular weight is 394 g/mol. The number of halogens is 1. The Bertz CT molecular complexity index is 1090. The first-order valence-corrected chi connectivity index (χ1v) is 10.0. The predicted octanol–water partition coefficient (Wildman–Crippen LogP) is 3.59. The van der Waals surface area contributed by atoms with E-state index >= 15 is 0 Å². The number of ether oxygens (including phenoxy) is 2. The molecule has 1 fully saturated rings. The second-order valence-electron chi connectivity index (χ2n) is 7.67. The van der Waals surface area contributed by atoms with Gasteiger partial charge in [0.15, 0.2) is 5.78 Å². The molecule has 150 valence electrons. The van der Waals surface area contributed by atoms with Gasteiger partial charge in [-0.2, -0.15) is 0 Å². The largest absolute Gasteiger partial charge is 0.489 e. The molecule has 3 aromatic rings. The second-order valence-corrected chi connectivity index (χ2v) is 7.67. The molecule has 6 heteroatoms. The van der Waals surface area contributed by atoms with Gasteiger partial charge < -0.3 is 14.0 Å². The molecule has 2 aromatic carbocycles. The van der Waals surface area contributed by atoms with E-state index < -0.39 is 5.82 Å². The lowest BCUT2D eigenvalue weighted by molar-refractivity contribution is 0.0272. The quantitative estimate of drug-likeness (QED) is 0.635.